The second kappa shape index (κ2) is 5.77. The van der Waals surface area contributed by atoms with Crippen LogP contribution >= 0.6 is 23.2 Å². The quantitative estimate of drug-likeness (QED) is 0.651. The Morgan fingerprint density at radius 3 is 2.21 bits per heavy atom. The predicted octanol–water partition coefficient (Wildman–Crippen LogP) is 4.34. The van der Waals surface area contributed by atoms with Crippen LogP contribution in [-0.2, 0) is 0 Å². The van der Waals surface area contributed by atoms with Gasteiger partial charge in [0, 0.05) is 16.1 Å². The summed E-state index contributed by atoms with van der Waals surface area (Å²) >= 11 is 11.5. The van der Waals surface area contributed by atoms with Crippen molar-refractivity contribution in [2.45, 2.75) is 0 Å². The van der Waals surface area contributed by atoms with Gasteiger partial charge in [-0.3, -0.25) is 15.5 Å². The first kappa shape index (κ1) is 13.5. The Kier molecular flexibility index (Phi) is 4.09. The summed E-state index contributed by atoms with van der Waals surface area (Å²) in [7, 11) is 0. The average Bonchev–Trinajstić information content (AvgIpc) is 2.39. The molecule has 2 aromatic rings. The summed E-state index contributed by atoms with van der Waals surface area (Å²) in [4.78, 5) is 10.4. The van der Waals surface area contributed by atoms with E-state index in [9.17, 15) is 10.1 Å². The Labute approximate surface area is 119 Å². The van der Waals surface area contributed by atoms with E-state index in [-0.39, 0.29) is 5.69 Å². The van der Waals surface area contributed by atoms with Crippen molar-refractivity contribution in [2.75, 3.05) is 10.9 Å². The van der Waals surface area contributed by atoms with Gasteiger partial charge in [0.25, 0.3) is 5.69 Å². The highest BCUT2D eigenvalue weighted by Gasteiger charge is 2.13. The van der Waals surface area contributed by atoms with Crippen LogP contribution in [0.5, 0.6) is 0 Å². The number of nitro benzene ring substituents is 1. The molecule has 0 atom stereocenters. The zero-order valence-corrected chi connectivity index (χ0v) is 11.1. The molecule has 0 amide bonds. The van der Waals surface area contributed by atoms with E-state index in [0.717, 1.165) is 5.69 Å². The maximum atomic E-state index is 10.9. The molecule has 2 rings (SSSR count). The van der Waals surface area contributed by atoms with Crippen molar-refractivity contribution < 1.29 is 4.92 Å². The summed E-state index contributed by atoms with van der Waals surface area (Å²) in [5, 5.41) is 11.8. The van der Waals surface area contributed by atoms with E-state index >= 15 is 0 Å². The Morgan fingerprint density at radius 2 is 1.58 bits per heavy atom. The lowest BCUT2D eigenvalue weighted by molar-refractivity contribution is -0.383. The summed E-state index contributed by atoms with van der Waals surface area (Å²) in [5.74, 6) is 0. The molecule has 0 unspecified atom stereocenters. The fraction of sp³-hybridized carbons (Fsp3) is 0. The van der Waals surface area contributed by atoms with Gasteiger partial charge in [0.05, 0.1) is 10.6 Å². The van der Waals surface area contributed by atoms with E-state index in [1.165, 1.54) is 12.1 Å². The first-order chi connectivity index (χ1) is 9.06. The van der Waals surface area contributed by atoms with Crippen LogP contribution in [0.3, 0.4) is 0 Å². The first-order valence-corrected chi connectivity index (χ1v) is 6.03. The molecule has 0 spiro atoms. The minimum Gasteiger partial charge on any atom is -0.301 e. The number of rotatable bonds is 4. The van der Waals surface area contributed by atoms with Crippen molar-refractivity contribution in [3.05, 3.63) is 62.6 Å². The number of benzene rings is 2. The third-order valence-corrected chi connectivity index (χ3v) is 2.83. The molecule has 0 aromatic heterocycles. The maximum Gasteiger partial charge on any atom is 0.295 e. The lowest BCUT2D eigenvalue weighted by Crippen LogP contribution is -2.10. The number of nitrogens with zero attached hydrogens (tertiary/aromatic N) is 1. The minimum absolute atomic E-state index is 0.103. The molecule has 0 heterocycles. The molecule has 0 bridgehead atoms. The van der Waals surface area contributed by atoms with E-state index in [4.69, 9.17) is 23.2 Å². The summed E-state index contributed by atoms with van der Waals surface area (Å²) in [6.45, 7) is 0. The van der Waals surface area contributed by atoms with Crippen LogP contribution in [-0.4, -0.2) is 4.92 Å². The molecule has 7 heteroatoms. The Balaban J connectivity index is 2.15. The van der Waals surface area contributed by atoms with Crippen molar-refractivity contribution in [3.63, 3.8) is 0 Å². The van der Waals surface area contributed by atoms with Crippen molar-refractivity contribution in [2.24, 2.45) is 0 Å². The van der Waals surface area contributed by atoms with Crippen molar-refractivity contribution in [1.82, 2.24) is 0 Å². The van der Waals surface area contributed by atoms with E-state index in [0.29, 0.717) is 15.7 Å². The second-order valence-electron chi connectivity index (χ2n) is 3.68. The Hall–Kier alpha value is -1.98. The third kappa shape index (κ3) is 3.49. The van der Waals surface area contributed by atoms with Crippen LogP contribution < -0.4 is 10.9 Å². The van der Waals surface area contributed by atoms with E-state index < -0.39 is 4.92 Å². The van der Waals surface area contributed by atoms with Gasteiger partial charge in [-0.2, -0.15) is 0 Å². The standard InChI is InChI=1S/C12H9Cl2N3O2/c13-8-1-4-10(5-2-8)15-16-11-6-3-9(14)7-12(11)17(18)19/h1-7,15-16H. The zero-order chi connectivity index (χ0) is 13.8. The average molecular weight is 298 g/mol. The fourth-order valence-electron chi connectivity index (χ4n) is 1.43. The van der Waals surface area contributed by atoms with Gasteiger partial charge in [-0.1, -0.05) is 23.2 Å². The maximum absolute atomic E-state index is 10.9. The van der Waals surface area contributed by atoms with Crippen LogP contribution in [0.4, 0.5) is 17.1 Å². The van der Waals surface area contributed by atoms with Crippen molar-refractivity contribution >= 4 is 40.3 Å². The van der Waals surface area contributed by atoms with Crippen LogP contribution in [0, 0.1) is 10.1 Å². The second-order valence-corrected chi connectivity index (χ2v) is 4.55. The van der Waals surface area contributed by atoms with Crippen molar-refractivity contribution in [3.8, 4) is 0 Å². The zero-order valence-electron chi connectivity index (χ0n) is 9.56. The van der Waals surface area contributed by atoms with Gasteiger partial charge >= 0.3 is 0 Å². The Morgan fingerprint density at radius 1 is 0.947 bits per heavy atom. The van der Waals surface area contributed by atoms with Crippen LogP contribution in [0.15, 0.2) is 42.5 Å². The number of anilines is 2. The molecular formula is C12H9Cl2N3O2. The molecule has 2 N–H and O–H groups in total. The molecule has 0 saturated heterocycles. The molecule has 5 nitrogen and oxygen atoms in total. The van der Waals surface area contributed by atoms with Gasteiger partial charge in [0.15, 0.2) is 0 Å². The van der Waals surface area contributed by atoms with Gasteiger partial charge in [-0.05, 0) is 36.4 Å². The number of hydrazine groups is 1. The van der Waals surface area contributed by atoms with E-state index in [2.05, 4.69) is 10.9 Å². The molecule has 0 saturated carbocycles. The smallest absolute Gasteiger partial charge is 0.295 e. The van der Waals surface area contributed by atoms with Gasteiger partial charge in [0.2, 0.25) is 0 Å². The SMILES string of the molecule is O=[N+]([O-])c1cc(Cl)ccc1NNc1ccc(Cl)cc1. The topological polar surface area (TPSA) is 67.2 Å². The highest BCUT2D eigenvalue weighted by atomic mass is 35.5. The van der Waals surface area contributed by atoms with Crippen LogP contribution in [0.2, 0.25) is 10.0 Å². The predicted molar refractivity (Wildman–Crippen MR) is 76.8 cm³/mol. The highest BCUT2D eigenvalue weighted by Crippen LogP contribution is 2.27. The van der Waals surface area contributed by atoms with Gasteiger partial charge < -0.3 is 5.43 Å². The van der Waals surface area contributed by atoms with E-state index in [1.807, 2.05) is 0 Å². The first-order valence-electron chi connectivity index (χ1n) is 5.28. The number of halogens is 2. The Bertz CT molecular complexity index is 602. The monoisotopic (exact) mass is 297 g/mol. The summed E-state index contributed by atoms with van der Waals surface area (Å²) in [5.41, 5.74) is 6.56. The molecule has 0 fully saturated rings. The molecule has 0 aliphatic rings. The van der Waals surface area contributed by atoms with Gasteiger partial charge in [-0.25, -0.2) is 0 Å². The number of nitro groups is 1. The largest absolute Gasteiger partial charge is 0.301 e. The molecule has 2 aromatic carbocycles. The number of hydrogen-bond donors (Lipinski definition) is 2. The molecule has 0 aliphatic carbocycles. The van der Waals surface area contributed by atoms with Gasteiger partial charge in [-0.15, -0.1) is 0 Å². The van der Waals surface area contributed by atoms with Gasteiger partial charge in [0.1, 0.15) is 5.69 Å². The molecular weight excluding hydrogens is 289 g/mol. The fourth-order valence-corrected chi connectivity index (χ4v) is 1.73. The minimum atomic E-state index is -0.502. The summed E-state index contributed by atoms with van der Waals surface area (Å²) < 4.78 is 0. The molecule has 98 valence electrons. The molecule has 19 heavy (non-hydrogen) atoms. The lowest BCUT2D eigenvalue weighted by Gasteiger charge is -2.10. The summed E-state index contributed by atoms with van der Waals surface area (Å²) in [6, 6.07) is 11.3. The van der Waals surface area contributed by atoms with E-state index in [1.54, 1.807) is 30.3 Å². The molecule has 0 aliphatic heterocycles. The number of nitrogens with one attached hydrogen (secondary N) is 2. The number of hydrogen-bond acceptors (Lipinski definition) is 4. The normalized spacial score (nSPS) is 10.0. The third-order valence-electron chi connectivity index (χ3n) is 2.34. The lowest BCUT2D eigenvalue weighted by atomic mass is 10.3. The van der Waals surface area contributed by atoms with Crippen LogP contribution in [0.25, 0.3) is 0 Å². The highest BCUT2D eigenvalue weighted by molar-refractivity contribution is 6.31. The molecule has 0 radical (unpaired) electrons. The van der Waals surface area contributed by atoms with Crippen LogP contribution in [0.1, 0.15) is 0 Å². The summed E-state index contributed by atoms with van der Waals surface area (Å²) in [6.07, 6.45) is 0. The van der Waals surface area contributed by atoms with Crippen molar-refractivity contribution in [1.29, 1.82) is 0 Å².